The summed E-state index contributed by atoms with van der Waals surface area (Å²) in [6.45, 7) is 3.94. The van der Waals surface area contributed by atoms with Crippen LogP contribution in [-0.2, 0) is 13.1 Å². The lowest BCUT2D eigenvalue weighted by Crippen LogP contribution is -2.44. The van der Waals surface area contributed by atoms with Crippen molar-refractivity contribution >= 4 is 23.4 Å². The van der Waals surface area contributed by atoms with E-state index in [1.165, 1.54) is 35.6 Å². The molecule has 1 fully saturated rings. The van der Waals surface area contributed by atoms with Crippen molar-refractivity contribution in [1.82, 2.24) is 23.9 Å². The second kappa shape index (κ2) is 10.4. The molecular weight excluding hydrogens is 452 g/mol. The van der Waals surface area contributed by atoms with Gasteiger partial charge in [-0.3, -0.25) is 18.7 Å². The van der Waals surface area contributed by atoms with Gasteiger partial charge in [0.1, 0.15) is 17.2 Å². The fraction of sp³-hybridized carbons (Fsp3) is 0.458. The van der Waals surface area contributed by atoms with Crippen LogP contribution in [0.2, 0.25) is 0 Å². The second-order valence-electron chi connectivity index (χ2n) is 8.57. The lowest BCUT2D eigenvalue weighted by atomic mass is 9.95. The maximum Gasteiger partial charge on any atom is 0.332 e. The second-order valence-corrected chi connectivity index (χ2v) is 9.51. The number of hydrogen-bond acceptors (Lipinski definition) is 7. The maximum absolute atomic E-state index is 13.3. The standard InChI is InChI=1S/C24H30N6O3S/c1-3-28-22(32)20(21(25)29(24(28)33)14-17-10-6-4-7-11-17)19(31)15-34-23-27-26-16(2)30(23)18-12-8-5-9-13-18/h4,6-7,10-11,18H,3,5,8-9,12-15,25H2,1-2H3. The molecule has 3 aromatic rings. The molecule has 1 aliphatic carbocycles. The van der Waals surface area contributed by atoms with Gasteiger partial charge in [0, 0.05) is 12.6 Å². The fourth-order valence-corrected chi connectivity index (χ4v) is 5.51. The van der Waals surface area contributed by atoms with E-state index in [-0.39, 0.29) is 30.2 Å². The van der Waals surface area contributed by atoms with Crippen LogP contribution in [0.4, 0.5) is 5.82 Å². The van der Waals surface area contributed by atoms with Crippen LogP contribution in [0.25, 0.3) is 0 Å². The summed E-state index contributed by atoms with van der Waals surface area (Å²) >= 11 is 1.26. The predicted octanol–water partition coefficient (Wildman–Crippen LogP) is 3.04. The van der Waals surface area contributed by atoms with Crippen molar-refractivity contribution in [3.8, 4) is 0 Å². The van der Waals surface area contributed by atoms with Crippen molar-refractivity contribution in [2.45, 2.75) is 70.2 Å². The summed E-state index contributed by atoms with van der Waals surface area (Å²) in [6, 6.07) is 9.66. The van der Waals surface area contributed by atoms with Crippen molar-refractivity contribution in [2.24, 2.45) is 0 Å². The van der Waals surface area contributed by atoms with Crippen LogP contribution in [0.3, 0.4) is 0 Å². The summed E-state index contributed by atoms with van der Waals surface area (Å²) < 4.78 is 4.47. The number of benzene rings is 1. The summed E-state index contributed by atoms with van der Waals surface area (Å²) in [6.07, 6.45) is 5.71. The first-order valence-electron chi connectivity index (χ1n) is 11.7. The highest BCUT2D eigenvalue weighted by molar-refractivity contribution is 7.99. The number of Topliss-reactive ketones (excluding diaryl/α,β-unsaturated/α-hetero) is 1. The van der Waals surface area contributed by atoms with Crippen LogP contribution < -0.4 is 17.0 Å². The van der Waals surface area contributed by atoms with Gasteiger partial charge in [0.15, 0.2) is 10.9 Å². The van der Waals surface area contributed by atoms with E-state index < -0.39 is 17.0 Å². The van der Waals surface area contributed by atoms with Crippen molar-refractivity contribution in [3.63, 3.8) is 0 Å². The van der Waals surface area contributed by atoms with Gasteiger partial charge >= 0.3 is 5.69 Å². The quantitative estimate of drug-likeness (QED) is 0.387. The smallest absolute Gasteiger partial charge is 0.332 e. The normalized spacial score (nSPS) is 14.4. The maximum atomic E-state index is 13.3. The first kappa shape index (κ1) is 24.0. The fourth-order valence-electron chi connectivity index (χ4n) is 4.59. The van der Waals surface area contributed by atoms with Crippen LogP contribution in [0.5, 0.6) is 0 Å². The van der Waals surface area contributed by atoms with E-state index in [0.29, 0.717) is 11.2 Å². The Morgan fingerprint density at radius 2 is 1.79 bits per heavy atom. The molecule has 0 spiro atoms. The number of hydrogen-bond donors (Lipinski definition) is 1. The number of thioether (sulfide) groups is 1. The Balaban J connectivity index is 1.63. The monoisotopic (exact) mass is 482 g/mol. The van der Waals surface area contributed by atoms with E-state index in [0.717, 1.165) is 28.8 Å². The lowest BCUT2D eigenvalue weighted by molar-refractivity contribution is 0.102. The summed E-state index contributed by atoms with van der Waals surface area (Å²) in [7, 11) is 0. The van der Waals surface area contributed by atoms with E-state index in [1.807, 2.05) is 37.3 Å². The van der Waals surface area contributed by atoms with Gasteiger partial charge in [-0.05, 0) is 32.3 Å². The number of carbonyl (C=O) groups excluding carboxylic acids is 1. The topological polar surface area (TPSA) is 118 Å². The third kappa shape index (κ3) is 4.72. The third-order valence-electron chi connectivity index (χ3n) is 6.35. The lowest BCUT2D eigenvalue weighted by Gasteiger charge is -2.24. The first-order chi connectivity index (χ1) is 16.4. The van der Waals surface area contributed by atoms with Gasteiger partial charge in [-0.15, -0.1) is 10.2 Å². The Bertz CT molecular complexity index is 1290. The third-order valence-corrected chi connectivity index (χ3v) is 7.30. The van der Waals surface area contributed by atoms with Gasteiger partial charge in [-0.25, -0.2) is 4.79 Å². The molecule has 180 valence electrons. The minimum atomic E-state index is -0.648. The average molecular weight is 483 g/mol. The Morgan fingerprint density at radius 1 is 1.09 bits per heavy atom. The molecule has 0 bridgehead atoms. The highest BCUT2D eigenvalue weighted by Gasteiger charge is 2.25. The molecular formula is C24H30N6O3S. The zero-order valence-electron chi connectivity index (χ0n) is 19.6. The molecule has 1 aliphatic rings. The highest BCUT2D eigenvalue weighted by Crippen LogP contribution is 2.32. The molecule has 10 heteroatoms. The molecule has 4 rings (SSSR count). The van der Waals surface area contributed by atoms with Crippen molar-refractivity contribution in [1.29, 1.82) is 0 Å². The summed E-state index contributed by atoms with van der Waals surface area (Å²) in [5.41, 5.74) is 5.79. The molecule has 0 unspecified atom stereocenters. The van der Waals surface area contributed by atoms with E-state index in [9.17, 15) is 14.4 Å². The van der Waals surface area contributed by atoms with E-state index >= 15 is 0 Å². The summed E-state index contributed by atoms with van der Waals surface area (Å²) in [4.78, 5) is 39.2. The number of aromatic nitrogens is 5. The van der Waals surface area contributed by atoms with Crippen LogP contribution in [-0.4, -0.2) is 35.4 Å². The molecule has 2 N–H and O–H groups in total. The predicted molar refractivity (Wildman–Crippen MR) is 133 cm³/mol. The molecule has 1 saturated carbocycles. The summed E-state index contributed by atoms with van der Waals surface area (Å²) in [5, 5.41) is 9.17. The number of nitrogens with zero attached hydrogens (tertiary/aromatic N) is 5. The van der Waals surface area contributed by atoms with Gasteiger partial charge in [-0.2, -0.15) is 0 Å². The summed E-state index contributed by atoms with van der Waals surface area (Å²) in [5.74, 6) is 0.287. The van der Waals surface area contributed by atoms with Gasteiger partial charge in [0.05, 0.1) is 12.3 Å². The van der Waals surface area contributed by atoms with Crippen LogP contribution >= 0.6 is 11.8 Å². The molecule has 2 heterocycles. The van der Waals surface area contributed by atoms with E-state index in [1.54, 1.807) is 6.92 Å². The number of nitrogen functional groups attached to an aromatic ring is 1. The average Bonchev–Trinajstić information content (AvgIpc) is 3.22. The number of rotatable bonds is 8. The van der Waals surface area contributed by atoms with Crippen molar-refractivity contribution < 1.29 is 4.79 Å². The largest absolute Gasteiger partial charge is 0.384 e. The number of anilines is 1. The van der Waals surface area contributed by atoms with Crippen molar-refractivity contribution in [2.75, 3.05) is 11.5 Å². The Morgan fingerprint density at radius 3 is 2.47 bits per heavy atom. The van der Waals surface area contributed by atoms with Gasteiger partial charge in [-0.1, -0.05) is 61.4 Å². The van der Waals surface area contributed by atoms with Crippen molar-refractivity contribution in [3.05, 3.63) is 68.1 Å². The van der Waals surface area contributed by atoms with Crippen LogP contribution in [0.1, 0.15) is 66.8 Å². The minimum absolute atomic E-state index is 0.0163. The van der Waals surface area contributed by atoms with E-state index in [2.05, 4.69) is 14.8 Å². The number of carbonyl (C=O) groups is 1. The zero-order valence-corrected chi connectivity index (χ0v) is 20.4. The number of aryl methyl sites for hydroxylation is 1. The molecule has 0 aliphatic heterocycles. The molecule has 34 heavy (non-hydrogen) atoms. The van der Waals surface area contributed by atoms with Crippen LogP contribution in [0, 0.1) is 6.92 Å². The van der Waals surface area contributed by atoms with Gasteiger partial charge < -0.3 is 10.3 Å². The van der Waals surface area contributed by atoms with E-state index in [4.69, 9.17) is 5.73 Å². The molecule has 0 atom stereocenters. The molecule has 0 amide bonds. The molecule has 9 nitrogen and oxygen atoms in total. The Kier molecular flexibility index (Phi) is 7.35. The van der Waals surface area contributed by atoms with Crippen LogP contribution in [0.15, 0.2) is 45.1 Å². The minimum Gasteiger partial charge on any atom is -0.384 e. The Hall–Kier alpha value is -3.14. The number of ketones is 1. The van der Waals surface area contributed by atoms with Gasteiger partial charge in [0.25, 0.3) is 5.56 Å². The first-order valence-corrected chi connectivity index (χ1v) is 12.7. The Labute approximate surface area is 202 Å². The molecule has 0 saturated heterocycles. The molecule has 1 aromatic carbocycles. The molecule has 0 radical (unpaired) electrons. The SMILES string of the molecule is CCn1c(=O)c(C(=O)CSc2nnc(C)n2C2CCCCC2)c(N)n(Cc2ccccc2)c1=O. The number of nitrogens with two attached hydrogens (primary N) is 1. The molecule has 2 aromatic heterocycles. The highest BCUT2D eigenvalue weighted by atomic mass is 32.2. The van der Waals surface area contributed by atoms with Gasteiger partial charge in [0.2, 0.25) is 0 Å². The zero-order chi connectivity index (χ0) is 24.2.